The van der Waals surface area contributed by atoms with Gasteiger partial charge in [-0.15, -0.1) is 0 Å². The summed E-state index contributed by atoms with van der Waals surface area (Å²) in [5, 5.41) is 9.68. The maximum Gasteiger partial charge on any atom is 0.0776 e. The van der Waals surface area contributed by atoms with E-state index in [1.165, 1.54) is 12.8 Å². The highest BCUT2D eigenvalue weighted by molar-refractivity contribution is 4.64. The topological polar surface area (TPSA) is 29.5 Å². The maximum absolute atomic E-state index is 9.68. The summed E-state index contributed by atoms with van der Waals surface area (Å²) >= 11 is 0. The van der Waals surface area contributed by atoms with Gasteiger partial charge in [0.2, 0.25) is 0 Å². The van der Waals surface area contributed by atoms with Crippen LogP contribution < -0.4 is 0 Å². The second-order valence-corrected chi connectivity index (χ2v) is 5.21. The molecule has 86 valence electrons. The molecule has 0 aromatic rings. The zero-order valence-corrected chi connectivity index (χ0v) is 10.3. The number of aliphatic hydroxyl groups excluding tert-OH is 1. The van der Waals surface area contributed by atoms with Gasteiger partial charge in [0.15, 0.2) is 0 Å². The summed E-state index contributed by atoms with van der Waals surface area (Å²) in [6.07, 6.45) is 2.92. The Morgan fingerprint density at radius 1 is 1.29 bits per heavy atom. The lowest BCUT2D eigenvalue weighted by Crippen LogP contribution is -2.27. The van der Waals surface area contributed by atoms with Crippen LogP contribution in [-0.2, 0) is 4.74 Å². The van der Waals surface area contributed by atoms with Crippen molar-refractivity contribution in [2.24, 2.45) is 5.92 Å². The minimum Gasteiger partial charge on any atom is -0.391 e. The van der Waals surface area contributed by atoms with Crippen molar-refractivity contribution >= 4 is 0 Å². The van der Waals surface area contributed by atoms with Crippen molar-refractivity contribution in [2.75, 3.05) is 6.61 Å². The van der Waals surface area contributed by atoms with Crippen molar-refractivity contribution in [3.05, 3.63) is 0 Å². The Morgan fingerprint density at radius 3 is 2.29 bits per heavy atom. The molecule has 2 nitrogen and oxygen atoms in total. The lowest BCUT2D eigenvalue weighted by atomic mass is 9.99. The highest BCUT2D eigenvalue weighted by Crippen LogP contribution is 2.14. The molecule has 0 radical (unpaired) electrons. The predicted molar refractivity (Wildman–Crippen MR) is 60.4 cm³/mol. The Kier molecular flexibility index (Phi) is 6.38. The molecule has 2 heteroatoms. The predicted octanol–water partition coefficient (Wildman–Crippen LogP) is 2.99. The van der Waals surface area contributed by atoms with Crippen LogP contribution in [0, 0.1) is 5.92 Å². The third kappa shape index (κ3) is 8.52. The summed E-state index contributed by atoms with van der Waals surface area (Å²) in [4.78, 5) is 0. The van der Waals surface area contributed by atoms with Crippen molar-refractivity contribution in [3.63, 3.8) is 0 Å². The molecule has 0 saturated heterocycles. The average molecular weight is 202 g/mol. The molecule has 0 aromatic heterocycles. The largest absolute Gasteiger partial charge is 0.391 e. The molecule has 0 amide bonds. The molecule has 0 spiro atoms. The van der Waals surface area contributed by atoms with E-state index in [-0.39, 0.29) is 11.7 Å². The highest BCUT2D eigenvalue weighted by atomic mass is 16.5. The van der Waals surface area contributed by atoms with Crippen LogP contribution >= 0.6 is 0 Å². The normalized spacial score (nSPS) is 16.7. The molecule has 14 heavy (non-hydrogen) atoms. The van der Waals surface area contributed by atoms with Gasteiger partial charge in [-0.2, -0.15) is 0 Å². The van der Waals surface area contributed by atoms with Gasteiger partial charge in [-0.3, -0.25) is 0 Å². The zero-order chi connectivity index (χ0) is 11.2. The molecular weight excluding hydrogens is 176 g/mol. The Bertz CT molecular complexity index is 138. The van der Waals surface area contributed by atoms with Crippen LogP contribution in [-0.4, -0.2) is 23.4 Å². The monoisotopic (exact) mass is 202 g/mol. The van der Waals surface area contributed by atoms with Crippen molar-refractivity contribution in [3.8, 4) is 0 Å². The molecule has 0 fully saturated rings. The smallest absolute Gasteiger partial charge is 0.0776 e. The Balaban J connectivity index is 3.59. The minimum atomic E-state index is -0.309. The summed E-state index contributed by atoms with van der Waals surface area (Å²) in [6.45, 7) is 10.8. The molecule has 0 rings (SSSR count). The zero-order valence-electron chi connectivity index (χ0n) is 10.3. The van der Waals surface area contributed by atoms with Crippen LogP contribution in [0.5, 0.6) is 0 Å². The molecule has 0 heterocycles. The molecule has 0 aromatic carbocycles. The molecule has 0 saturated carbocycles. The third-order valence-corrected chi connectivity index (χ3v) is 2.16. The van der Waals surface area contributed by atoms with Crippen LogP contribution in [0.25, 0.3) is 0 Å². The van der Waals surface area contributed by atoms with Gasteiger partial charge in [-0.1, -0.05) is 26.7 Å². The first-order chi connectivity index (χ1) is 6.35. The Hall–Kier alpha value is -0.0800. The van der Waals surface area contributed by atoms with E-state index in [0.717, 1.165) is 6.42 Å². The Labute approximate surface area is 88.7 Å². The lowest BCUT2D eigenvalue weighted by molar-refractivity contribution is -0.0538. The quantitative estimate of drug-likeness (QED) is 0.717. The van der Waals surface area contributed by atoms with Gasteiger partial charge < -0.3 is 9.84 Å². The number of ether oxygens (including phenoxy) is 1. The lowest BCUT2D eigenvalue weighted by Gasteiger charge is -2.23. The maximum atomic E-state index is 9.68. The SMILES string of the molecule is CCCC(C)CC(O)COC(C)(C)C. The van der Waals surface area contributed by atoms with E-state index in [2.05, 4.69) is 13.8 Å². The van der Waals surface area contributed by atoms with Crippen molar-refractivity contribution in [1.82, 2.24) is 0 Å². The van der Waals surface area contributed by atoms with E-state index in [9.17, 15) is 5.11 Å². The fourth-order valence-corrected chi connectivity index (χ4v) is 1.49. The molecule has 0 aliphatic rings. The summed E-state index contributed by atoms with van der Waals surface area (Å²) in [5.41, 5.74) is -0.144. The van der Waals surface area contributed by atoms with Gasteiger partial charge in [-0.05, 0) is 33.1 Å². The van der Waals surface area contributed by atoms with E-state index in [0.29, 0.717) is 12.5 Å². The van der Waals surface area contributed by atoms with Crippen LogP contribution in [0.2, 0.25) is 0 Å². The summed E-state index contributed by atoms with van der Waals surface area (Å²) in [7, 11) is 0. The van der Waals surface area contributed by atoms with Crippen LogP contribution in [0.1, 0.15) is 53.9 Å². The third-order valence-electron chi connectivity index (χ3n) is 2.16. The van der Waals surface area contributed by atoms with Crippen LogP contribution in [0.3, 0.4) is 0 Å². The number of hydrogen-bond acceptors (Lipinski definition) is 2. The molecular formula is C12H26O2. The van der Waals surface area contributed by atoms with Gasteiger partial charge in [0.05, 0.1) is 18.3 Å². The van der Waals surface area contributed by atoms with E-state index in [1.54, 1.807) is 0 Å². The first-order valence-corrected chi connectivity index (χ1v) is 5.67. The van der Waals surface area contributed by atoms with Gasteiger partial charge in [0, 0.05) is 0 Å². The molecule has 2 atom stereocenters. The van der Waals surface area contributed by atoms with Crippen LogP contribution in [0.4, 0.5) is 0 Å². The van der Waals surface area contributed by atoms with Gasteiger partial charge >= 0.3 is 0 Å². The molecule has 1 N–H and O–H groups in total. The second kappa shape index (κ2) is 6.41. The summed E-state index contributed by atoms with van der Waals surface area (Å²) in [5.74, 6) is 0.596. The summed E-state index contributed by atoms with van der Waals surface area (Å²) < 4.78 is 5.52. The number of rotatable bonds is 6. The van der Waals surface area contributed by atoms with E-state index in [4.69, 9.17) is 4.74 Å². The first kappa shape index (κ1) is 13.9. The second-order valence-electron chi connectivity index (χ2n) is 5.21. The Morgan fingerprint density at radius 2 is 1.86 bits per heavy atom. The first-order valence-electron chi connectivity index (χ1n) is 5.67. The van der Waals surface area contributed by atoms with Crippen molar-refractivity contribution in [2.45, 2.75) is 65.6 Å². The molecule has 0 aliphatic heterocycles. The number of hydrogen-bond donors (Lipinski definition) is 1. The fourth-order valence-electron chi connectivity index (χ4n) is 1.49. The summed E-state index contributed by atoms with van der Waals surface area (Å²) in [6, 6.07) is 0. The van der Waals surface area contributed by atoms with E-state index in [1.807, 2.05) is 20.8 Å². The minimum absolute atomic E-state index is 0.144. The van der Waals surface area contributed by atoms with Gasteiger partial charge in [0.1, 0.15) is 0 Å². The molecule has 0 aliphatic carbocycles. The highest BCUT2D eigenvalue weighted by Gasteiger charge is 2.15. The van der Waals surface area contributed by atoms with E-state index >= 15 is 0 Å². The molecule has 0 bridgehead atoms. The standard InChI is InChI=1S/C12H26O2/c1-6-7-10(2)8-11(13)9-14-12(3,4)5/h10-11,13H,6-9H2,1-5H3. The average Bonchev–Trinajstić information content (AvgIpc) is 2.00. The van der Waals surface area contributed by atoms with Gasteiger partial charge in [0.25, 0.3) is 0 Å². The van der Waals surface area contributed by atoms with Crippen molar-refractivity contribution < 1.29 is 9.84 Å². The van der Waals surface area contributed by atoms with Crippen molar-refractivity contribution in [1.29, 1.82) is 0 Å². The molecule has 2 unspecified atom stereocenters. The van der Waals surface area contributed by atoms with Crippen LogP contribution in [0.15, 0.2) is 0 Å². The fraction of sp³-hybridized carbons (Fsp3) is 1.00. The van der Waals surface area contributed by atoms with E-state index < -0.39 is 0 Å². The van der Waals surface area contributed by atoms with Gasteiger partial charge in [-0.25, -0.2) is 0 Å². The number of aliphatic hydroxyl groups is 1.